The Morgan fingerprint density at radius 1 is 1.32 bits per heavy atom. The second-order valence-electron chi connectivity index (χ2n) is 4.43. The number of nitrogens with one attached hydrogen (secondary N) is 1. The van der Waals surface area contributed by atoms with Crippen molar-refractivity contribution < 1.29 is 9.21 Å². The van der Waals surface area contributed by atoms with Gasteiger partial charge in [0.1, 0.15) is 0 Å². The molecule has 0 aliphatic heterocycles. The average molecular weight is 280 g/mol. The first-order chi connectivity index (χ1) is 9.04. The molecular formula is C13H14ClN3O2. The third-order valence-corrected chi connectivity index (χ3v) is 2.60. The number of rotatable bonds is 4. The van der Waals surface area contributed by atoms with E-state index in [0.29, 0.717) is 17.3 Å². The lowest BCUT2D eigenvalue weighted by atomic mass is 10.1. The topological polar surface area (TPSA) is 68.0 Å². The van der Waals surface area contributed by atoms with Crippen molar-refractivity contribution in [3.8, 4) is 0 Å². The van der Waals surface area contributed by atoms with Gasteiger partial charge in [0.2, 0.25) is 5.89 Å². The Bertz CT molecular complexity index is 564. The number of hydrogen-bond acceptors (Lipinski definition) is 4. The molecule has 0 spiro atoms. The van der Waals surface area contributed by atoms with Crippen LogP contribution >= 0.6 is 11.6 Å². The second-order valence-corrected chi connectivity index (χ2v) is 4.87. The Kier molecular flexibility index (Phi) is 4.16. The molecule has 0 saturated carbocycles. The zero-order valence-corrected chi connectivity index (χ0v) is 11.4. The highest BCUT2D eigenvalue weighted by Gasteiger charge is 2.15. The number of benzene rings is 1. The van der Waals surface area contributed by atoms with Crippen molar-refractivity contribution in [3.63, 3.8) is 0 Å². The molecule has 6 heteroatoms. The second kappa shape index (κ2) is 5.84. The molecule has 100 valence electrons. The van der Waals surface area contributed by atoms with E-state index < -0.39 is 0 Å². The quantitative estimate of drug-likeness (QED) is 0.933. The van der Waals surface area contributed by atoms with Crippen LogP contribution in [0.5, 0.6) is 0 Å². The van der Waals surface area contributed by atoms with Gasteiger partial charge >= 0.3 is 11.8 Å². The van der Waals surface area contributed by atoms with Crippen LogP contribution in [0.25, 0.3) is 0 Å². The monoisotopic (exact) mass is 279 g/mol. The Hall–Kier alpha value is -1.88. The molecule has 0 fully saturated rings. The van der Waals surface area contributed by atoms with Crippen LogP contribution in [-0.2, 0) is 6.42 Å². The molecule has 0 saturated heterocycles. The molecular weight excluding hydrogens is 266 g/mol. The van der Waals surface area contributed by atoms with Gasteiger partial charge in [0, 0.05) is 11.1 Å². The fraction of sp³-hybridized carbons (Fsp3) is 0.308. The first-order valence-corrected chi connectivity index (χ1v) is 6.30. The fourth-order valence-electron chi connectivity index (χ4n) is 1.52. The highest BCUT2D eigenvalue weighted by atomic mass is 35.5. The van der Waals surface area contributed by atoms with Crippen molar-refractivity contribution in [3.05, 3.63) is 46.6 Å². The Morgan fingerprint density at radius 2 is 2.00 bits per heavy atom. The summed E-state index contributed by atoms with van der Waals surface area (Å²) in [4.78, 5) is 11.6. The summed E-state index contributed by atoms with van der Waals surface area (Å²) in [7, 11) is 0. The van der Waals surface area contributed by atoms with Gasteiger partial charge in [-0.1, -0.05) is 23.7 Å². The van der Waals surface area contributed by atoms with Crippen molar-refractivity contribution >= 4 is 17.5 Å². The zero-order chi connectivity index (χ0) is 13.8. The van der Waals surface area contributed by atoms with Gasteiger partial charge < -0.3 is 9.73 Å². The predicted octanol–water partition coefficient (Wildman–Crippen LogP) is 2.45. The van der Waals surface area contributed by atoms with E-state index in [-0.39, 0.29) is 17.8 Å². The molecule has 2 rings (SSSR count). The van der Waals surface area contributed by atoms with E-state index >= 15 is 0 Å². The summed E-state index contributed by atoms with van der Waals surface area (Å²) in [5.41, 5.74) is 0.990. The highest BCUT2D eigenvalue weighted by molar-refractivity contribution is 6.30. The van der Waals surface area contributed by atoms with Gasteiger partial charge in [0.05, 0.1) is 6.42 Å². The molecule has 1 aromatic carbocycles. The number of halogens is 1. The van der Waals surface area contributed by atoms with Gasteiger partial charge in [-0.2, -0.15) is 0 Å². The lowest BCUT2D eigenvalue weighted by Crippen LogP contribution is -2.30. The largest absolute Gasteiger partial charge is 0.417 e. The molecule has 1 N–H and O–H groups in total. The van der Waals surface area contributed by atoms with E-state index in [9.17, 15) is 4.79 Å². The van der Waals surface area contributed by atoms with Gasteiger partial charge in [-0.15, -0.1) is 10.2 Å². The van der Waals surface area contributed by atoms with E-state index in [2.05, 4.69) is 15.5 Å². The minimum atomic E-state index is -0.357. The molecule has 1 heterocycles. The summed E-state index contributed by atoms with van der Waals surface area (Å²) in [6.45, 7) is 3.73. The number of hydrogen-bond donors (Lipinski definition) is 1. The van der Waals surface area contributed by atoms with E-state index in [1.165, 1.54) is 0 Å². The van der Waals surface area contributed by atoms with Crippen molar-refractivity contribution in [1.82, 2.24) is 15.5 Å². The molecule has 0 radical (unpaired) electrons. The average Bonchev–Trinajstić information content (AvgIpc) is 2.80. The zero-order valence-electron chi connectivity index (χ0n) is 10.7. The molecule has 0 atom stereocenters. The SMILES string of the molecule is CC(C)NC(=O)c1nnc(Cc2ccc(Cl)cc2)o1. The normalized spacial score (nSPS) is 10.7. The highest BCUT2D eigenvalue weighted by Crippen LogP contribution is 2.13. The van der Waals surface area contributed by atoms with Crippen LogP contribution in [0, 0.1) is 0 Å². The Morgan fingerprint density at radius 3 is 2.63 bits per heavy atom. The van der Waals surface area contributed by atoms with Gasteiger partial charge in [0.15, 0.2) is 0 Å². The molecule has 5 nitrogen and oxygen atoms in total. The molecule has 2 aromatic rings. The summed E-state index contributed by atoms with van der Waals surface area (Å²) < 4.78 is 5.31. The molecule has 0 aliphatic rings. The number of carbonyl (C=O) groups excluding carboxylic acids is 1. The van der Waals surface area contributed by atoms with Crippen LogP contribution < -0.4 is 5.32 Å². The van der Waals surface area contributed by atoms with E-state index in [1.807, 2.05) is 26.0 Å². The van der Waals surface area contributed by atoms with E-state index in [4.69, 9.17) is 16.0 Å². The summed E-state index contributed by atoms with van der Waals surface area (Å²) in [6.07, 6.45) is 0.471. The Balaban J connectivity index is 2.05. The molecule has 19 heavy (non-hydrogen) atoms. The maximum atomic E-state index is 11.6. The van der Waals surface area contributed by atoms with Crippen molar-refractivity contribution in [2.75, 3.05) is 0 Å². The minimum Gasteiger partial charge on any atom is -0.417 e. The van der Waals surface area contributed by atoms with Crippen LogP contribution in [0.4, 0.5) is 0 Å². The third kappa shape index (κ3) is 3.79. The van der Waals surface area contributed by atoms with Crippen LogP contribution in [0.1, 0.15) is 36.0 Å². The van der Waals surface area contributed by atoms with Gasteiger partial charge in [-0.05, 0) is 31.5 Å². The first kappa shape index (κ1) is 13.5. The van der Waals surface area contributed by atoms with Crippen LogP contribution in [0.15, 0.2) is 28.7 Å². The van der Waals surface area contributed by atoms with Crippen LogP contribution in [0.3, 0.4) is 0 Å². The first-order valence-electron chi connectivity index (χ1n) is 5.92. The maximum absolute atomic E-state index is 11.6. The smallest absolute Gasteiger partial charge is 0.309 e. The fourth-order valence-corrected chi connectivity index (χ4v) is 1.64. The summed E-state index contributed by atoms with van der Waals surface area (Å²) in [6, 6.07) is 7.36. The van der Waals surface area contributed by atoms with Crippen molar-refractivity contribution in [2.45, 2.75) is 26.3 Å². The van der Waals surface area contributed by atoms with Gasteiger partial charge in [0.25, 0.3) is 0 Å². The number of aromatic nitrogens is 2. The lowest BCUT2D eigenvalue weighted by molar-refractivity contribution is 0.0906. The lowest BCUT2D eigenvalue weighted by Gasteiger charge is -2.03. The van der Waals surface area contributed by atoms with Crippen LogP contribution in [0.2, 0.25) is 5.02 Å². The van der Waals surface area contributed by atoms with E-state index in [1.54, 1.807) is 12.1 Å². The molecule has 0 unspecified atom stereocenters. The standard InChI is InChI=1S/C13H14ClN3O2/c1-8(2)15-12(18)13-17-16-11(19-13)7-9-3-5-10(14)6-4-9/h3-6,8H,7H2,1-2H3,(H,15,18). The summed E-state index contributed by atoms with van der Waals surface area (Å²) >= 11 is 5.80. The number of carbonyl (C=O) groups is 1. The number of nitrogens with zero attached hydrogens (tertiary/aromatic N) is 2. The van der Waals surface area contributed by atoms with Crippen molar-refractivity contribution in [1.29, 1.82) is 0 Å². The summed E-state index contributed by atoms with van der Waals surface area (Å²) in [5, 5.41) is 10.9. The minimum absolute atomic E-state index is 0.0161. The molecule has 1 amide bonds. The molecule has 0 bridgehead atoms. The van der Waals surface area contributed by atoms with Crippen LogP contribution in [-0.4, -0.2) is 22.1 Å². The van der Waals surface area contributed by atoms with E-state index in [0.717, 1.165) is 5.56 Å². The van der Waals surface area contributed by atoms with Crippen molar-refractivity contribution in [2.24, 2.45) is 0 Å². The number of amides is 1. The third-order valence-electron chi connectivity index (χ3n) is 2.35. The molecule has 1 aromatic heterocycles. The summed E-state index contributed by atoms with van der Waals surface area (Å²) in [5.74, 6) is 0.0266. The predicted molar refractivity (Wildman–Crippen MR) is 71.2 cm³/mol. The van der Waals surface area contributed by atoms with Gasteiger partial charge in [-0.25, -0.2) is 0 Å². The Labute approximate surface area is 116 Å². The van der Waals surface area contributed by atoms with Gasteiger partial charge in [-0.3, -0.25) is 4.79 Å². The maximum Gasteiger partial charge on any atom is 0.309 e. The molecule has 0 aliphatic carbocycles.